The van der Waals surface area contributed by atoms with E-state index in [2.05, 4.69) is 4.98 Å². The fourth-order valence-electron chi connectivity index (χ4n) is 2.22. The zero-order valence-corrected chi connectivity index (χ0v) is 13.2. The number of nitrogens with one attached hydrogen (secondary N) is 1. The van der Waals surface area contributed by atoms with Crippen molar-refractivity contribution in [2.24, 2.45) is 0 Å². The van der Waals surface area contributed by atoms with Crippen LogP contribution < -0.4 is 0 Å². The molecule has 1 aromatic heterocycles. The van der Waals surface area contributed by atoms with Gasteiger partial charge in [0.15, 0.2) is 0 Å². The summed E-state index contributed by atoms with van der Waals surface area (Å²) in [5, 5.41) is 2.25. The minimum Gasteiger partial charge on any atom is -0.349 e. The van der Waals surface area contributed by atoms with Crippen molar-refractivity contribution in [3.8, 4) is 0 Å². The minimum absolute atomic E-state index is 0.197. The van der Waals surface area contributed by atoms with Crippen molar-refractivity contribution in [1.82, 2.24) is 10.0 Å². The van der Waals surface area contributed by atoms with E-state index in [1.807, 2.05) is 54.6 Å². The van der Waals surface area contributed by atoms with Gasteiger partial charge in [-0.25, -0.2) is 5.06 Å². The molecule has 22 heavy (non-hydrogen) atoms. The van der Waals surface area contributed by atoms with E-state index in [1.165, 1.54) is 12.2 Å². The highest BCUT2D eigenvalue weighted by Crippen LogP contribution is 2.36. The van der Waals surface area contributed by atoms with Gasteiger partial charge in [-0.1, -0.05) is 48.2 Å². The van der Waals surface area contributed by atoms with Crippen LogP contribution in [-0.4, -0.2) is 30.1 Å². The summed E-state index contributed by atoms with van der Waals surface area (Å²) in [5.41, 5.74) is 1.48. The molecular weight excluding hydrogens is 296 g/mol. The predicted octanol–water partition coefficient (Wildman–Crippen LogP) is 3.95. The lowest BCUT2D eigenvalue weighted by atomic mass is 10.2. The van der Waals surface area contributed by atoms with E-state index < -0.39 is 0 Å². The van der Waals surface area contributed by atoms with E-state index >= 15 is 0 Å². The molecule has 0 fully saturated rings. The molecule has 1 N–H and O–H groups in total. The molecule has 1 heterocycles. The zero-order valence-electron chi connectivity index (χ0n) is 12.4. The second-order valence-corrected chi connectivity index (χ2v) is 5.86. The van der Waals surface area contributed by atoms with Crippen LogP contribution in [-0.2, 0) is 4.84 Å². The molecule has 2 aromatic carbocycles. The molecule has 5 heteroatoms. The molecule has 0 saturated heterocycles. The molecular formula is C17H16N2O2S. The van der Waals surface area contributed by atoms with Crippen LogP contribution in [0, 0.1) is 0 Å². The number of aromatic nitrogens is 1. The Morgan fingerprint density at radius 3 is 2.50 bits per heavy atom. The molecule has 0 radical (unpaired) electrons. The monoisotopic (exact) mass is 312 g/mol. The van der Waals surface area contributed by atoms with Crippen molar-refractivity contribution in [1.29, 1.82) is 0 Å². The average molecular weight is 312 g/mol. The number of rotatable bonds is 4. The molecule has 0 aliphatic carbocycles. The van der Waals surface area contributed by atoms with E-state index in [1.54, 1.807) is 18.8 Å². The van der Waals surface area contributed by atoms with Crippen LogP contribution >= 0.6 is 11.8 Å². The highest BCUT2D eigenvalue weighted by molar-refractivity contribution is 7.99. The van der Waals surface area contributed by atoms with Crippen LogP contribution in [0.15, 0.2) is 64.4 Å². The summed E-state index contributed by atoms with van der Waals surface area (Å²) >= 11 is 1.57. The molecule has 0 aliphatic rings. The van der Waals surface area contributed by atoms with Gasteiger partial charge in [0.05, 0.1) is 12.0 Å². The quantitative estimate of drug-likeness (QED) is 0.742. The highest BCUT2D eigenvalue weighted by atomic mass is 32.2. The summed E-state index contributed by atoms with van der Waals surface area (Å²) in [6.07, 6.45) is 0. The Morgan fingerprint density at radius 1 is 1.09 bits per heavy atom. The largest absolute Gasteiger partial charge is 0.349 e. The van der Waals surface area contributed by atoms with Gasteiger partial charge < -0.3 is 4.98 Å². The molecule has 1 amide bonds. The number of hydroxylamine groups is 2. The Kier molecular flexibility index (Phi) is 4.18. The zero-order chi connectivity index (χ0) is 15.5. The maximum Gasteiger partial charge on any atom is 0.294 e. The molecule has 0 aliphatic heterocycles. The van der Waals surface area contributed by atoms with E-state index in [4.69, 9.17) is 4.84 Å². The van der Waals surface area contributed by atoms with Crippen molar-refractivity contribution < 1.29 is 9.63 Å². The second-order valence-electron chi connectivity index (χ2n) is 4.78. The highest BCUT2D eigenvalue weighted by Gasteiger charge is 2.21. The fraction of sp³-hybridized carbons (Fsp3) is 0.118. The van der Waals surface area contributed by atoms with Gasteiger partial charge in [-0.3, -0.25) is 9.63 Å². The fourth-order valence-corrected chi connectivity index (χ4v) is 3.28. The van der Waals surface area contributed by atoms with Crippen molar-refractivity contribution in [3.63, 3.8) is 0 Å². The summed E-state index contributed by atoms with van der Waals surface area (Å²) < 4.78 is 0. The van der Waals surface area contributed by atoms with Crippen molar-refractivity contribution in [2.45, 2.75) is 9.79 Å². The molecule has 0 saturated carbocycles. The molecule has 0 bridgehead atoms. The topological polar surface area (TPSA) is 45.3 Å². The average Bonchev–Trinajstić information content (AvgIpc) is 2.93. The van der Waals surface area contributed by atoms with E-state index in [0.29, 0.717) is 5.69 Å². The lowest BCUT2D eigenvalue weighted by molar-refractivity contribution is -0.0762. The Bertz CT molecular complexity index is 799. The first-order chi connectivity index (χ1) is 10.7. The number of aromatic amines is 1. The van der Waals surface area contributed by atoms with Gasteiger partial charge in [0, 0.05) is 22.8 Å². The Morgan fingerprint density at radius 2 is 1.77 bits per heavy atom. The number of H-pyrrole nitrogens is 1. The van der Waals surface area contributed by atoms with Gasteiger partial charge in [0.25, 0.3) is 5.91 Å². The lowest BCUT2D eigenvalue weighted by Gasteiger charge is -2.13. The maximum absolute atomic E-state index is 12.5. The Balaban J connectivity index is 2.11. The number of amides is 1. The number of fused-ring (bicyclic) bond motifs is 1. The normalized spacial score (nSPS) is 10.8. The molecule has 4 nitrogen and oxygen atoms in total. The van der Waals surface area contributed by atoms with Crippen molar-refractivity contribution in [2.75, 3.05) is 14.2 Å². The minimum atomic E-state index is -0.197. The van der Waals surface area contributed by atoms with Crippen LogP contribution in [0.4, 0.5) is 0 Å². The van der Waals surface area contributed by atoms with Gasteiger partial charge >= 0.3 is 0 Å². The lowest BCUT2D eigenvalue weighted by Crippen LogP contribution is -2.26. The summed E-state index contributed by atoms with van der Waals surface area (Å²) in [5.74, 6) is -0.197. The van der Waals surface area contributed by atoms with Crippen LogP contribution in [0.1, 0.15) is 10.5 Å². The van der Waals surface area contributed by atoms with Crippen molar-refractivity contribution in [3.05, 3.63) is 60.3 Å². The predicted molar refractivity (Wildman–Crippen MR) is 88.0 cm³/mol. The van der Waals surface area contributed by atoms with Gasteiger partial charge in [-0.2, -0.15) is 0 Å². The number of hydrogen-bond acceptors (Lipinski definition) is 3. The standard InChI is InChI=1S/C17H16N2O2S/c1-19(21-2)17(20)15-16(22-12-8-4-3-5-9-12)13-10-6-7-11-14(13)18-15/h3-11,18H,1-2H3. The molecule has 3 aromatic rings. The number of hydrogen-bond donors (Lipinski definition) is 1. The smallest absolute Gasteiger partial charge is 0.294 e. The first kappa shape index (κ1) is 14.7. The third-order valence-corrected chi connectivity index (χ3v) is 4.53. The number of carbonyl (C=O) groups excluding carboxylic acids is 1. The molecule has 0 atom stereocenters. The third kappa shape index (κ3) is 2.73. The van der Waals surface area contributed by atoms with Crippen LogP contribution in [0.25, 0.3) is 10.9 Å². The number of nitrogens with zero attached hydrogens (tertiary/aromatic N) is 1. The first-order valence-corrected chi connectivity index (χ1v) is 7.68. The van der Waals surface area contributed by atoms with Gasteiger partial charge in [-0.05, 0) is 18.2 Å². The first-order valence-electron chi connectivity index (χ1n) is 6.86. The van der Waals surface area contributed by atoms with Gasteiger partial charge in [0.2, 0.25) is 0 Å². The summed E-state index contributed by atoms with van der Waals surface area (Å²) in [6.45, 7) is 0. The van der Waals surface area contributed by atoms with E-state index in [-0.39, 0.29) is 5.91 Å². The van der Waals surface area contributed by atoms with Crippen LogP contribution in [0.3, 0.4) is 0 Å². The maximum atomic E-state index is 12.5. The Labute approximate surface area is 133 Å². The summed E-state index contributed by atoms with van der Waals surface area (Å²) in [4.78, 5) is 22.7. The molecule has 3 rings (SSSR count). The van der Waals surface area contributed by atoms with E-state index in [9.17, 15) is 4.79 Å². The summed E-state index contributed by atoms with van der Waals surface area (Å²) in [7, 11) is 3.08. The Hall–Kier alpha value is -2.24. The van der Waals surface area contributed by atoms with E-state index in [0.717, 1.165) is 20.7 Å². The molecule has 0 unspecified atom stereocenters. The van der Waals surface area contributed by atoms with Gasteiger partial charge in [-0.15, -0.1) is 0 Å². The van der Waals surface area contributed by atoms with Crippen LogP contribution in [0.2, 0.25) is 0 Å². The SMILES string of the molecule is CON(C)C(=O)c1[nH]c2ccccc2c1Sc1ccccc1. The number of benzene rings is 2. The number of carbonyl (C=O) groups is 1. The van der Waals surface area contributed by atoms with Gasteiger partial charge in [0.1, 0.15) is 5.69 Å². The summed E-state index contributed by atoms with van der Waals surface area (Å²) in [6, 6.07) is 17.9. The third-order valence-electron chi connectivity index (χ3n) is 3.40. The van der Waals surface area contributed by atoms with Crippen molar-refractivity contribution >= 4 is 28.6 Å². The number of para-hydroxylation sites is 1. The molecule has 112 valence electrons. The molecule has 0 spiro atoms. The second kappa shape index (κ2) is 6.25. The van der Waals surface area contributed by atoms with Crippen LogP contribution in [0.5, 0.6) is 0 Å².